The lowest BCUT2D eigenvalue weighted by Crippen LogP contribution is -2.65. The maximum absolute atomic E-state index is 13.4. The van der Waals surface area contributed by atoms with Crippen molar-refractivity contribution in [3.8, 4) is 0 Å². The summed E-state index contributed by atoms with van der Waals surface area (Å²) in [4.78, 5) is 53.4. The van der Waals surface area contributed by atoms with Gasteiger partial charge in [-0.25, -0.2) is 9.59 Å². The molecule has 2 spiro atoms. The Bertz CT molecular complexity index is 1380. The highest BCUT2D eigenvalue weighted by atomic mass is 19.4. The van der Waals surface area contributed by atoms with Crippen LogP contribution >= 0.6 is 0 Å². The average Bonchev–Trinajstić information content (AvgIpc) is 3.27. The fourth-order valence-electron chi connectivity index (χ4n) is 6.65. The Hall–Kier alpha value is -3.32. The zero-order valence-electron chi connectivity index (χ0n) is 20.7. The number of fused-ring (bicyclic) bond motifs is 1. The predicted molar refractivity (Wildman–Crippen MR) is 127 cm³/mol. The van der Waals surface area contributed by atoms with E-state index in [0.717, 1.165) is 11.3 Å². The molecule has 0 atom stereocenters. The number of hydrogen-bond acceptors (Lipinski definition) is 6. The van der Waals surface area contributed by atoms with E-state index in [1.54, 1.807) is 0 Å². The van der Waals surface area contributed by atoms with Gasteiger partial charge in [0, 0.05) is 19.6 Å². The first-order chi connectivity index (χ1) is 17.3. The van der Waals surface area contributed by atoms with Crippen LogP contribution in [0.3, 0.4) is 0 Å². The van der Waals surface area contributed by atoms with Crippen LogP contribution in [-0.4, -0.2) is 66.4 Å². The van der Waals surface area contributed by atoms with Crippen LogP contribution in [0.5, 0.6) is 0 Å². The zero-order valence-corrected chi connectivity index (χ0v) is 20.7. The second kappa shape index (κ2) is 8.35. The lowest BCUT2D eigenvalue weighted by atomic mass is 9.51. The number of halogens is 3. The van der Waals surface area contributed by atoms with E-state index in [9.17, 15) is 32.3 Å². The Labute approximate surface area is 209 Å². The van der Waals surface area contributed by atoms with E-state index in [-0.39, 0.29) is 29.7 Å². The number of nitrogens with zero attached hydrogens (tertiary/aromatic N) is 5. The highest BCUT2D eigenvalue weighted by molar-refractivity contribution is 6.07. The Morgan fingerprint density at radius 1 is 1.14 bits per heavy atom. The standard InChI is InChI=1S/C23H30F3N7O4/c1-3-4-9-31-16-14(15(27)28-29-16)17(34)33(20(31)37)13-5-7-21(8-6-13)10-22(11-21)18(35)30(2)19(36)32(22)12-23(24,25)26/h13H,3-12H2,1-2H3,(H3,27,28,29). The molecule has 0 aromatic carbocycles. The SMILES string of the molecule is CCCCn1c(=O)n(C2CCC3(CC2)CC2(C3)C(=O)N(C)C(=O)N2CC(F)(F)F)c(=O)c2c(N)[nH]nc21. The van der Waals surface area contributed by atoms with Crippen molar-refractivity contribution in [2.45, 2.75) is 82.6 Å². The number of unbranched alkanes of at least 4 members (excludes halogenated alkanes) is 1. The van der Waals surface area contributed by atoms with Gasteiger partial charge in [0.25, 0.3) is 11.5 Å². The van der Waals surface area contributed by atoms with Gasteiger partial charge in [-0.05, 0) is 50.4 Å². The van der Waals surface area contributed by atoms with Gasteiger partial charge in [0.15, 0.2) is 5.65 Å². The molecule has 3 fully saturated rings. The van der Waals surface area contributed by atoms with Gasteiger partial charge in [0.05, 0.1) is 0 Å². The highest BCUT2D eigenvalue weighted by Crippen LogP contribution is 2.62. The average molecular weight is 526 g/mol. The summed E-state index contributed by atoms with van der Waals surface area (Å²) in [5, 5.41) is 6.82. The van der Waals surface area contributed by atoms with Crippen LogP contribution < -0.4 is 17.0 Å². The number of aromatic nitrogens is 4. The number of aryl methyl sites for hydroxylation is 1. The first kappa shape index (κ1) is 25.3. The molecule has 3 heterocycles. The highest BCUT2D eigenvalue weighted by Gasteiger charge is 2.69. The number of carbonyl (C=O) groups excluding carboxylic acids is 2. The zero-order chi connectivity index (χ0) is 26.9. The van der Waals surface area contributed by atoms with Crippen molar-refractivity contribution in [1.82, 2.24) is 29.1 Å². The first-order valence-corrected chi connectivity index (χ1v) is 12.5. The Balaban J connectivity index is 1.40. The molecule has 3 aliphatic rings. The van der Waals surface area contributed by atoms with Crippen molar-refractivity contribution in [2.24, 2.45) is 5.41 Å². The van der Waals surface area contributed by atoms with E-state index in [1.165, 1.54) is 16.2 Å². The van der Waals surface area contributed by atoms with E-state index in [0.29, 0.717) is 43.5 Å². The third-order valence-electron chi connectivity index (χ3n) is 8.43. The number of carbonyl (C=O) groups is 2. The topological polar surface area (TPSA) is 139 Å². The summed E-state index contributed by atoms with van der Waals surface area (Å²) in [7, 11) is 1.21. The number of nitrogen functional groups attached to an aromatic ring is 1. The molecule has 0 radical (unpaired) electrons. The van der Waals surface area contributed by atoms with Crippen molar-refractivity contribution in [3.05, 3.63) is 20.8 Å². The van der Waals surface area contributed by atoms with Gasteiger partial charge in [-0.15, -0.1) is 0 Å². The van der Waals surface area contributed by atoms with Gasteiger partial charge < -0.3 is 10.6 Å². The fraction of sp³-hybridized carbons (Fsp3) is 0.696. The molecule has 37 heavy (non-hydrogen) atoms. The van der Waals surface area contributed by atoms with Crippen LogP contribution in [0.25, 0.3) is 11.0 Å². The van der Waals surface area contributed by atoms with E-state index in [4.69, 9.17) is 5.73 Å². The fourth-order valence-corrected chi connectivity index (χ4v) is 6.65. The van der Waals surface area contributed by atoms with Crippen LogP contribution in [0.4, 0.5) is 23.8 Å². The molecule has 11 nitrogen and oxygen atoms in total. The molecule has 2 aromatic heterocycles. The quantitative estimate of drug-likeness (QED) is 0.575. The summed E-state index contributed by atoms with van der Waals surface area (Å²) in [5.41, 5.74) is 3.30. The minimum absolute atomic E-state index is 0.0884. The van der Waals surface area contributed by atoms with Gasteiger partial charge in [-0.3, -0.25) is 28.7 Å². The molecule has 0 unspecified atom stereocenters. The largest absolute Gasteiger partial charge is 0.406 e. The lowest BCUT2D eigenvalue weighted by molar-refractivity contribution is -0.173. The minimum atomic E-state index is -4.62. The van der Waals surface area contributed by atoms with Gasteiger partial charge >= 0.3 is 17.9 Å². The molecular weight excluding hydrogens is 495 g/mol. The molecular formula is C23H30F3N7O4. The molecule has 3 amide bonds. The normalized spacial score (nSPS) is 28.2. The van der Waals surface area contributed by atoms with Gasteiger partial charge in [0.2, 0.25) is 0 Å². The molecule has 202 valence electrons. The van der Waals surface area contributed by atoms with Crippen molar-refractivity contribution >= 4 is 28.8 Å². The van der Waals surface area contributed by atoms with Crippen molar-refractivity contribution in [3.63, 3.8) is 0 Å². The van der Waals surface area contributed by atoms with Crippen LogP contribution in [0.2, 0.25) is 0 Å². The third-order valence-corrected chi connectivity index (χ3v) is 8.43. The van der Waals surface area contributed by atoms with E-state index < -0.39 is 52.9 Å². The summed E-state index contributed by atoms with van der Waals surface area (Å²) < 4.78 is 42.3. The second-order valence-electron chi connectivity index (χ2n) is 10.8. The van der Waals surface area contributed by atoms with E-state index in [1.807, 2.05) is 6.92 Å². The summed E-state index contributed by atoms with van der Waals surface area (Å²) in [6, 6.07) is -1.35. The molecule has 2 aliphatic carbocycles. The van der Waals surface area contributed by atoms with E-state index in [2.05, 4.69) is 10.2 Å². The summed E-state index contributed by atoms with van der Waals surface area (Å²) in [5.74, 6) is -0.518. The minimum Gasteiger partial charge on any atom is -0.383 e. The van der Waals surface area contributed by atoms with E-state index >= 15 is 0 Å². The number of alkyl halides is 3. The summed E-state index contributed by atoms with van der Waals surface area (Å²) >= 11 is 0. The number of imide groups is 1. The summed E-state index contributed by atoms with van der Waals surface area (Å²) in [6.45, 7) is 0.896. The molecule has 14 heteroatoms. The Morgan fingerprint density at radius 2 is 1.78 bits per heavy atom. The number of amides is 3. The molecule has 2 saturated carbocycles. The van der Waals surface area contributed by atoms with Crippen LogP contribution in [0.15, 0.2) is 9.59 Å². The van der Waals surface area contributed by atoms with Gasteiger partial charge in [-0.2, -0.15) is 18.3 Å². The number of H-pyrrole nitrogens is 1. The summed E-state index contributed by atoms with van der Waals surface area (Å²) in [6.07, 6.45) is -0.871. The lowest BCUT2D eigenvalue weighted by Gasteiger charge is -2.58. The molecule has 0 bridgehead atoms. The number of nitrogens with one attached hydrogen (secondary N) is 1. The number of rotatable bonds is 5. The van der Waals surface area contributed by atoms with Gasteiger partial charge in [-0.1, -0.05) is 13.3 Å². The van der Waals surface area contributed by atoms with Crippen LogP contribution in [0.1, 0.15) is 64.3 Å². The number of urea groups is 1. The molecule has 5 rings (SSSR count). The first-order valence-electron chi connectivity index (χ1n) is 12.5. The maximum atomic E-state index is 13.4. The second-order valence-corrected chi connectivity index (χ2v) is 10.8. The predicted octanol–water partition coefficient (Wildman–Crippen LogP) is 2.36. The molecule has 1 saturated heterocycles. The molecule has 1 aliphatic heterocycles. The smallest absolute Gasteiger partial charge is 0.383 e. The number of likely N-dealkylation sites (N-methyl/N-ethyl adjacent to an activating group) is 1. The Kier molecular flexibility index (Phi) is 5.72. The van der Waals surface area contributed by atoms with Crippen molar-refractivity contribution < 1.29 is 22.8 Å². The van der Waals surface area contributed by atoms with Crippen LogP contribution in [-0.2, 0) is 11.3 Å². The molecule has 2 aromatic rings. The van der Waals surface area contributed by atoms with Gasteiger partial charge in [0.1, 0.15) is 23.3 Å². The number of anilines is 1. The van der Waals surface area contributed by atoms with Crippen molar-refractivity contribution in [2.75, 3.05) is 19.3 Å². The van der Waals surface area contributed by atoms with Crippen LogP contribution in [0, 0.1) is 5.41 Å². The number of nitrogens with two attached hydrogens (primary N) is 1. The third kappa shape index (κ3) is 3.74. The number of hydrogen-bond donors (Lipinski definition) is 2. The monoisotopic (exact) mass is 525 g/mol. The van der Waals surface area contributed by atoms with Crippen molar-refractivity contribution in [1.29, 1.82) is 0 Å². The number of aromatic amines is 1. The maximum Gasteiger partial charge on any atom is 0.406 e. The Morgan fingerprint density at radius 3 is 2.38 bits per heavy atom. The molecule has 3 N–H and O–H groups in total.